The lowest BCUT2D eigenvalue weighted by Crippen LogP contribution is -2.36. The van der Waals surface area contributed by atoms with Gasteiger partial charge in [-0.1, -0.05) is 26.1 Å². The maximum absolute atomic E-state index is 12.5. The fourth-order valence-electron chi connectivity index (χ4n) is 1.72. The SMILES string of the molecule is COc1ccsc1C(=O)N(CCC(N)=S)CC(C)C. The summed E-state index contributed by atoms with van der Waals surface area (Å²) in [4.78, 5) is 15.4. The van der Waals surface area contributed by atoms with Gasteiger partial charge in [-0.2, -0.15) is 0 Å². The molecule has 6 heteroatoms. The van der Waals surface area contributed by atoms with Crippen molar-refractivity contribution in [1.29, 1.82) is 0 Å². The molecule has 0 aliphatic carbocycles. The van der Waals surface area contributed by atoms with Gasteiger partial charge in [-0.3, -0.25) is 4.79 Å². The van der Waals surface area contributed by atoms with Crippen LogP contribution in [-0.2, 0) is 0 Å². The van der Waals surface area contributed by atoms with Crippen molar-refractivity contribution in [2.45, 2.75) is 20.3 Å². The Morgan fingerprint density at radius 2 is 2.26 bits per heavy atom. The molecule has 0 saturated carbocycles. The van der Waals surface area contributed by atoms with Gasteiger partial charge in [0.05, 0.1) is 12.1 Å². The predicted molar refractivity (Wildman–Crippen MR) is 83.0 cm³/mol. The number of nitrogens with zero attached hydrogens (tertiary/aromatic N) is 1. The number of hydrogen-bond acceptors (Lipinski definition) is 4. The molecule has 19 heavy (non-hydrogen) atoms. The van der Waals surface area contributed by atoms with E-state index in [-0.39, 0.29) is 5.91 Å². The van der Waals surface area contributed by atoms with E-state index in [0.29, 0.717) is 41.0 Å². The average Bonchev–Trinajstić information content (AvgIpc) is 2.81. The molecule has 1 heterocycles. The first-order valence-corrected chi connectivity index (χ1v) is 7.43. The molecule has 0 bridgehead atoms. The molecule has 0 atom stereocenters. The van der Waals surface area contributed by atoms with Gasteiger partial charge in [-0.15, -0.1) is 11.3 Å². The van der Waals surface area contributed by atoms with E-state index in [2.05, 4.69) is 13.8 Å². The van der Waals surface area contributed by atoms with Crippen molar-refractivity contribution < 1.29 is 9.53 Å². The third-order valence-corrected chi connectivity index (χ3v) is 3.63. The van der Waals surface area contributed by atoms with Gasteiger partial charge in [0.1, 0.15) is 10.6 Å². The predicted octanol–water partition coefficient (Wildman–Crippen LogP) is 2.53. The first kappa shape index (κ1) is 15.9. The molecule has 0 unspecified atom stereocenters. The maximum Gasteiger partial charge on any atom is 0.267 e. The molecule has 1 aromatic heterocycles. The zero-order valence-electron chi connectivity index (χ0n) is 11.5. The Morgan fingerprint density at radius 3 is 2.79 bits per heavy atom. The lowest BCUT2D eigenvalue weighted by Gasteiger charge is -2.24. The van der Waals surface area contributed by atoms with Crippen molar-refractivity contribution in [3.8, 4) is 5.75 Å². The van der Waals surface area contributed by atoms with E-state index < -0.39 is 0 Å². The van der Waals surface area contributed by atoms with Crippen LogP contribution in [0.15, 0.2) is 11.4 Å². The zero-order chi connectivity index (χ0) is 14.4. The number of ether oxygens (including phenoxy) is 1. The number of amides is 1. The Morgan fingerprint density at radius 1 is 1.58 bits per heavy atom. The van der Waals surface area contributed by atoms with Gasteiger partial charge < -0.3 is 15.4 Å². The highest BCUT2D eigenvalue weighted by atomic mass is 32.1. The fraction of sp³-hybridized carbons (Fsp3) is 0.538. The minimum Gasteiger partial charge on any atom is -0.495 e. The first-order chi connectivity index (χ1) is 8.95. The summed E-state index contributed by atoms with van der Waals surface area (Å²) in [7, 11) is 1.57. The monoisotopic (exact) mass is 300 g/mol. The van der Waals surface area contributed by atoms with Crippen LogP contribution in [0.5, 0.6) is 5.75 Å². The van der Waals surface area contributed by atoms with Gasteiger partial charge in [0.25, 0.3) is 5.91 Å². The largest absolute Gasteiger partial charge is 0.495 e. The Labute approximate surface area is 123 Å². The lowest BCUT2D eigenvalue weighted by molar-refractivity contribution is 0.0743. The summed E-state index contributed by atoms with van der Waals surface area (Å²) in [6, 6.07) is 1.80. The van der Waals surface area contributed by atoms with Crippen LogP contribution in [0.25, 0.3) is 0 Å². The lowest BCUT2D eigenvalue weighted by atomic mass is 10.2. The molecule has 0 fully saturated rings. The molecule has 1 rings (SSSR count). The van der Waals surface area contributed by atoms with Crippen LogP contribution in [0.1, 0.15) is 29.9 Å². The number of nitrogens with two attached hydrogens (primary N) is 1. The topological polar surface area (TPSA) is 55.6 Å². The van der Waals surface area contributed by atoms with Crippen LogP contribution in [-0.4, -0.2) is 36.0 Å². The van der Waals surface area contributed by atoms with Crippen LogP contribution in [0, 0.1) is 5.92 Å². The normalized spacial score (nSPS) is 10.5. The molecule has 4 nitrogen and oxygen atoms in total. The summed E-state index contributed by atoms with van der Waals surface area (Å²) in [5.41, 5.74) is 5.52. The number of methoxy groups -OCH3 is 1. The van der Waals surface area contributed by atoms with E-state index >= 15 is 0 Å². The molecule has 2 N–H and O–H groups in total. The highest BCUT2D eigenvalue weighted by Gasteiger charge is 2.21. The van der Waals surface area contributed by atoms with E-state index in [1.54, 1.807) is 18.1 Å². The Hall–Kier alpha value is -1.14. The van der Waals surface area contributed by atoms with Gasteiger partial charge in [0.2, 0.25) is 0 Å². The Bertz CT molecular complexity index is 444. The van der Waals surface area contributed by atoms with Crippen molar-refractivity contribution >= 4 is 34.5 Å². The molecule has 0 aliphatic heterocycles. The van der Waals surface area contributed by atoms with Gasteiger partial charge in [-0.05, 0) is 17.4 Å². The number of thiophene rings is 1. The zero-order valence-corrected chi connectivity index (χ0v) is 13.1. The number of carbonyl (C=O) groups is 1. The Balaban J connectivity index is 2.84. The van der Waals surface area contributed by atoms with Gasteiger partial charge in [-0.25, -0.2) is 0 Å². The molecular formula is C13H20N2O2S2. The van der Waals surface area contributed by atoms with E-state index in [1.165, 1.54) is 11.3 Å². The van der Waals surface area contributed by atoms with Crippen molar-refractivity contribution in [3.63, 3.8) is 0 Å². The van der Waals surface area contributed by atoms with Gasteiger partial charge in [0.15, 0.2) is 0 Å². The van der Waals surface area contributed by atoms with Crippen LogP contribution in [0.2, 0.25) is 0 Å². The van der Waals surface area contributed by atoms with E-state index in [1.807, 2.05) is 5.38 Å². The molecule has 1 amide bonds. The minimum atomic E-state index is -0.0169. The van der Waals surface area contributed by atoms with Crippen LogP contribution in [0.3, 0.4) is 0 Å². The molecule has 0 aromatic carbocycles. The number of hydrogen-bond donors (Lipinski definition) is 1. The maximum atomic E-state index is 12.5. The van der Waals surface area contributed by atoms with Crippen molar-refractivity contribution in [3.05, 3.63) is 16.3 Å². The molecule has 1 aromatic rings. The van der Waals surface area contributed by atoms with E-state index in [4.69, 9.17) is 22.7 Å². The second-order valence-corrected chi connectivity index (χ2v) is 6.12. The van der Waals surface area contributed by atoms with Crippen LogP contribution >= 0.6 is 23.6 Å². The van der Waals surface area contributed by atoms with E-state index in [0.717, 1.165) is 0 Å². The van der Waals surface area contributed by atoms with Gasteiger partial charge >= 0.3 is 0 Å². The standard InChI is InChI=1S/C13H20N2O2S2/c1-9(2)8-15(6-4-11(14)18)13(16)12-10(17-3)5-7-19-12/h5,7,9H,4,6,8H2,1-3H3,(H2,14,18). The molecule has 0 aliphatic rings. The highest BCUT2D eigenvalue weighted by molar-refractivity contribution is 7.80. The highest BCUT2D eigenvalue weighted by Crippen LogP contribution is 2.26. The summed E-state index contributed by atoms with van der Waals surface area (Å²) in [6.45, 7) is 5.38. The summed E-state index contributed by atoms with van der Waals surface area (Å²) >= 11 is 6.27. The summed E-state index contributed by atoms with van der Waals surface area (Å²) in [5, 5.41) is 1.85. The third-order valence-electron chi connectivity index (χ3n) is 2.54. The molecular weight excluding hydrogens is 280 g/mol. The third kappa shape index (κ3) is 4.80. The van der Waals surface area contributed by atoms with Crippen LogP contribution < -0.4 is 10.5 Å². The molecule has 0 spiro atoms. The Kier molecular flexibility index (Phi) is 6.24. The summed E-state index contributed by atoms with van der Waals surface area (Å²) in [6.07, 6.45) is 0.543. The van der Waals surface area contributed by atoms with Crippen molar-refractivity contribution in [1.82, 2.24) is 4.90 Å². The van der Waals surface area contributed by atoms with E-state index in [9.17, 15) is 4.79 Å². The second-order valence-electron chi connectivity index (χ2n) is 4.68. The smallest absolute Gasteiger partial charge is 0.267 e. The van der Waals surface area contributed by atoms with Crippen LogP contribution in [0.4, 0.5) is 0 Å². The van der Waals surface area contributed by atoms with Crippen molar-refractivity contribution in [2.24, 2.45) is 11.7 Å². The molecule has 0 radical (unpaired) electrons. The number of carbonyl (C=O) groups excluding carboxylic acids is 1. The first-order valence-electron chi connectivity index (χ1n) is 6.14. The molecule has 0 saturated heterocycles. The number of thiocarbonyl (C=S) groups is 1. The average molecular weight is 300 g/mol. The summed E-state index contributed by atoms with van der Waals surface area (Å²) < 4.78 is 5.20. The quantitative estimate of drug-likeness (QED) is 0.786. The van der Waals surface area contributed by atoms with Crippen molar-refractivity contribution in [2.75, 3.05) is 20.2 Å². The van der Waals surface area contributed by atoms with Gasteiger partial charge in [0, 0.05) is 19.5 Å². The number of rotatable bonds is 7. The second kappa shape index (κ2) is 7.45. The molecule has 106 valence electrons. The summed E-state index contributed by atoms with van der Waals surface area (Å²) in [5.74, 6) is 0.997. The minimum absolute atomic E-state index is 0.0169. The fourth-order valence-corrected chi connectivity index (χ4v) is 2.64.